The Hall–Kier alpha value is -0.0800. The molecule has 1 aliphatic carbocycles. The zero-order valence-electron chi connectivity index (χ0n) is 7.34. The smallest absolute Gasteiger partial charge is 0.0605 e. The van der Waals surface area contributed by atoms with Crippen LogP contribution in [0.25, 0.3) is 0 Å². The van der Waals surface area contributed by atoms with Crippen molar-refractivity contribution in [2.45, 2.75) is 45.1 Å². The third kappa shape index (κ3) is 1.57. The fourth-order valence-electron chi connectivity index (χ4n) is 2.19. The van der Waals surface area contributed by atoms with E-state index in [1.807, 2.05) is 6.92 Å². The zero-order valence-corrected chi connectivity index (χ0v) is 7.34. The van der Waals surface area contributed by atoms with Gasteiger partial charge in [0.15, 0.2) is 0 Å². The van der Waals surface area contributed by atoms with Crippen LogP contribution in [-0.2, 0) is 0 Å². The molecule has 0 heterocycles. The Morgan fingerprint density at radius 2 is 2.00 bits per heavy atom. The van der Waals surface area contributed by atoms with Crippen molar-refractivity contribution in [3.05, 3.63) is 0 Å². The normalized spacial score (nSPS) is 25.4. The van der Waals surface area contributed by atoms with E-state index >= 15 is 0 Å². The molecule has 1 aliphatic rings. The standard InChI is InChI=1S/C9H19NO/c1-2-8(11)9(7-10)5-3-4-6-9/h8,11H,2-7,10H2,1H3. The summed E-state index contributed by atoms with van der Waals surface area (Å²) < 4.78 is 0. The maximum Gasteiger partial charge on any atom is 0.0605 e. The predicted molar refractivity (Wildman–Crippen MR) is 46.3 cm³/mol. The number of nitrogens with two attached hydrogens (primary N) is 1. The summed E-state index contributed by atoms with van der Waals surface area (Å²) in [6, 6.07) is 0. The number of hydrogen-bond acceptors (Lipinski definition) is 2. The van der Waals surface area contributed by atoms with E-state index in [1.165, 1.54) is 12.8 Å². The molecule has 66 valence electrons. The molecule has 0 aliphatic heterocycles. The van der Waals surface area contributed by atoms with E-state index < -0.39 is 0 Å². The van der Waals surface area contributed by atoms with E-state index in [2.05, 4.69) is 0 Å². The maximum absolute atomic E-state index is 9.73. The second-order valence-corrected chi connectivity index (χ2v) is 3.70. The first-order chi connectivity index (χ1) is 5.25. The molecule has 1 fully saturated rings. The Kier molecular flexibility index (Phi) is 2.90. The van der Waals surface area contributed by atoms with Crippen LogP contribution >= 0.6 is 0 Å². The van der Waals surface area contributed by atoms with Crippen molar-refractivity contribution in [3.63, 3.8) is 0 Å². The molecule has 1 saturated carbocycles. The largest absolute Gasteiger partial charge is 0.393 e. The second kappa shape index (κ2) is 3.55. The van der Waals surface area contributed by atoms with Gasteiger partial charge in [-0.1, -0.05) is 19.8 Å². The summed E-state index contributed by atoms with van der Waals surface area (Å²) in [6.45, 7) is 2.68. The first-order valence-electron chi connectivity index (χ1n) is 4.63. The number of hydrogen-bond donors (Lipinski definition) is 2. The number of aliphatic hydroxyl groups excluding tert-OH is 1. The minimum Gasteiger partial charge on any atom is -0.393 e. The minimum absolute atomic E-state index is 0.0781. The van der Waals surface area contributed by atoms with E-state index in [-0.39, 0.29) is 11.5 Å². The average Bonchev–Trinajstić information content (AvgIpc) is 2.52. The minimum atomic E-state index is -0.171. The summed E-state index contributed by atoms with van der Waals surface area (Å²) in [5, 5.41) is 9.73. The molecule has 2 nitrogen and oxygen atoms in total. The SMILES string of the molecule is CCC(O)C1(CN)CCCC1. The van der Waals surface area contributed by atoms with E-state index in [0.717, 1.165) is 19.3 Å². The summed E-state index contributed by atoms with van der Waals surface area (Å²) in [6.07, 6.45) is 5.41. The van der Waals surface area contributed by atoms with Gasteiger partial charge in [0.25, 0.3) is 0 Å². The molecule has 0 aromatic rings. The Balaban J connectivity index is 2.58. The highest BCUT2D eigenvalue weighted by molar-refractivity contribution is 4.90. The van der Waals surface area contributed by atoms with Gasteiger partial charge in [-0.25, -0.2) is 0 Å². The van der Waals surface area contributed by atoms with E-state index in [9.17, 15) is 5.11 Å². The number of aliphatic hydroxyl groups is 1. The lowest BCUT2D eigenvalue weighted by atomic mass is 9.79. The van der Waals surface area contributed by atoms with Crippen LogP contribution in [0.5, 0.6) is 0 Å². The molecule has 0 radical (unpaired) electrons. The van der Waals surface area contributed by atoms with Crippen LogP contribution in [0.2, 0.25) is 0 Å². The first kappa shape index (κ1) is 9.01. The van der Waals surface area contributed by atoms with Crippen LogP contribution in [0.3, 0.4) is 0 Å². The van der Waals surface area contributed by atoms with Crippen LogP contribution in [0.4, 0.5) is 0 Å². The quantitative estimate of drug-likeness (QED) is 0.648. The predicted octanol–water partition coefficient (Wildman–Crippen LogP) is 1.28. The van der Waals surface area contributed by atoms with Crippen molar-refractivity contribution in [2.75, 3.05) is 6.54 Å². The highest BCUT2D eigenvalue weighted by Gasteiger charge is 2.38. The van der Waals surface area contributed by atoms with Crippen molar-refractivity contribution in [2.24, 2.45) is 11.1 Å². The van der Waals surface area contributed by atoms with Crippen LogP contribution < -0.4 is 5.73 Å². The van der Waals surface area contributed by atoms with Gasteiger partial charge >= 0.3 is 0 Å². The van der Waals surface area contributed by atoms with Gasteiger partial charge in [-0.15, -0.1) is 0 Å². The lowest BCUT2D eigenvalue weighted by Crippen LogP contribution is -2.39. The van der Waals surface area contributed by atoms with Gasteiger partial charge < -0.3 is 10.8 Å². The summed E-state index contributed by atoms with van der Waals surface area (Å²) in [5.74, 6) is 0. The molecule has 0 bridgehead atoms. The Morgan fingerprint density at radius 1 is 1.45 bits per heavy atom. The molecule has 0 amide bonds. The second-order valence-electron chi connectivity index (χ2n) is 3.70. The fourth-order valence-corrected chi connectivity index (χ4v) is 2.19. The molecule has 11 heavy (non-hydrogen) atoms. The summed E-state index contributed by atoms with van der Waals surface area (Å²) in [4.78, 5) is 0. The summed E-state index contributed by atoms with van der Waals surface area (Å²) in [5.41, 5.74) is 5.76. The Bertz CT molecular complexity index is 119. The third-order valence-corrected chi connectivity index (χ3v) is 3.10. The molecular formula is C9H19NO. The number of rotatable bonds is 3. The van der Waals surface area contributed by atoms with Crippen LogP contribution in [0, 0.1) is 5.41 Å². The lowest BCUT2D eigenvalue weighted by molar-refractivity contribution is 0.0319. The van der Waals surface area contributed by atoms with Crippen LogP contribution in [0.15, 0.2) is 0 Å². The summed E-state index contributed by atoms with van der Waals surface area (Å²) in [7, 11) is 0. The lowest BCUT2D eigenvalue weighted by Gasteiger charge is -2.32. The van der Waals surface area contributed by atoms with Crippen LogP contribution in [-0.4, -0.2) is 17.8 Å². The van der Waals surface area contributed by atoms with E-state index in [4.69, 9.17) is 5.73 Å². The molecule has 0 saturated heterocycles. The highest BCUT2D eigenvalue weighted by Crippen LogP contribution is 2.40. The van der Waals surface area contributed by atoms with Crippen molar-refractivity contribution in [1.29, 1.82) is 0 Å². The molecule has 2 heteroatoms. The van der Waals surface area contributed by atoms with Gasteiger partial charge in [-0.3, -0.25) is 0 Å². The van der Waals surface area contributed by atoms with Crippen molar-refractivity contribution in [1.82, 2.24) is 0 Å². The molecule has 1 rings (SSSR count). The summed E-state index contributed by atoms with van der Waals surface area (Å²) >= 11 is 0. The molecule has 0 spiro atoms. The van der Waals surface area contributed by atoms with Gasteiger partial charge in [-0.2, -0.15) is 0 Å². The van der Waals surface area contributed by atoms with Gasteiger partial charge in [0.1, 0.15) is 0 Å². The van der Waals surface area contributed by atoms with E-state index in [0.29, 0.717) is 6.54 Å². The highest BCUT2D eigenvalue weighted by atomic mass is 16.3. The molecule has 0 aromatic heterocycles. The Labute approximate surface area is 68.8 Å². The third-order valence-electron chi connectivity index (χ3n) is 3.10. The topological polar surface area (TPSA) is 46.2 Å². The zero-order chi connectivity index (χ0) is 8.32. The average molecular weight is 157 g/mol. The fraction of sp³-hybridized carbons (Fsp3) is 1.00. The van der Waals surface area contributed by atoms with Gasteiger partial charge in [0, 0.05) is 12.0 Å². The molecule has 3 N–H and O–H groups in total. The first-order valence-corrected chi connectivity index (χ1v) is 4.63. The monoisotopic (exact) mass is 157 g/mol. The molecular weight excluding hydrogens is 138 g/mol. The van der Waals surface area contributed by atoms with E-state index in [1.54, 1.807) is 0 Å². The van der Waals surface area contributed by atoms with Crippen molar-refractivity contribution in [3.8, 4) is 0 Å². The molecule has 1 unspecified atom stereocenters. The van der Waals surface area contributed by atoms with Crippen molar-refractivity contribution >= 4 is 0 Å². The molecule has 0 aromatic carbocycles. The van der Waals surface area contributed by atoms with Gasteiger partial charge in [0.05, 0.1) is 6.10 Å². The van der Waals surface area contributed by atoms with Crippen molar-refractivity contribution < 1.29 is 5.11 Å². The molecule has 1 atom stereocenters. The Morgan fingerprint density at radius 3 is 2.36 bits per heavy atom. The van der Waals surface area contributed by atoms with Gasteiger partial charge in [-0.05, 0) is 19.3 Å². The van der Waals surface area contributed by atoms with Crippen LogP contribution in [0.1, 0.15) is 39.0 Å². The maximum atomic E-state index is 9.73. The van der Waals surface area contributed by atoms with Gasteiger partial charge in [0.2, 0.25) is 0 Å².